The molecule has 3 nitrogen and oxygen atoms in total. The number of furan rings is 1. The number of hydrogen-bond acceptors (Lipinski definition) is 4. The number of fused-ring (bicyclic) bond motifs is 15. The molecule has 11 aromatic rings. The Morgan fingerprint density at radius 3 is 1.97 bits per heavy atom. The highest BCUT2D eigenvalue weighted by Gasteiger charge is 2.40. The summed E-state index contributed by atoms with van der Waals surface area (Å²) in [5, 5.41) is 13.1. The van der Waals surface area contributed by atoms with Crippen LogP contribution in [0, 0.1) is 0 Å². The third-order valence-electron chi connectivity index (χ3n) is 15.4. The first-order valence-corrected chi connectivity index (χ1v) is 25.3. The standard InChI is InChI=1S/C60H54BN2OS2/c1-57(2,3)32-19-22-34(23-20-32)62-43-31-48-37(35-15-11-13-17-46(35)65-48)28-38(43)49-50-36-16-12-14-18-47(36)66-55(50)51-39-29-41-42(60(9,10)26-25-59(41,7)8)30-44(39)63-53-40-27-33(58(4,5)6)21-24-45(40)64-56(53)61-52(49)54(51)63/h11-24,27-31,62H,25-26H2,1-10H3. The van der Waals surface area contributed by atoms with Crippen molar-refractivity contribution >= 4 is 126 Å². The number of nitrogens with one attached hydrogen (secondary N) is 1. The molecular weight excluding hydrogens is 840 g/mol. The van der Waals surface area contributed by atoms with Crippen molar-refractivity contribution in [1.29, 1.82) is 0 Å². The van der Waals surface area contributed by atoms with Gasteiger partial charge in [-0.2, -0.15) is 0 Å². The van der Waals surface area contributed by atoms with E-state index in [-0.39, 0.29) is 21.7 Å². The molecule has 0 atom stereocenters. The van der Waals surface area contributed by atoms with E-state index in [1.807, 2.05) is 22.7 Å². The summed E-state index contributed by atoms with van der Waals surface area (Å²) in [5.74, 6) is 0. The summed E-state index contributed by atoms with van der Waals surface area (Å²) < 4.78 is 15.0. The van der Waals surface area contributed by atoms with Crippen LogP contribution in [-0.2, 0) is 21.7 Å². The summed E-state index contributed by atoms with van der Waals surface area (Å²) in [4.78, 5) is 0. The molecule has 2 aliphatic rings. The SMILES string of the molecule is CC(C)(C)c1ccc(Nc2cc3sc4ccccc4c3cc2-c2c3c4c(c5cc6c(cc5n4-c4c(oc5ccc(C(C)(C)C)cc45)[B]3)C(C)(C)CCC6(C)C)c3sc4ccccc4c23)cc1. The molecule has 1 aliphatic carbocycles. The molecule has 7 aromatic carbocycles. The largest absolute Gasteiger partial charge is 0.469 e. The van der Waals surface area contributed by atoms with Crippen molar-refractivity contribution < 1.29 is 4.42 Å². The monoisotopic (exact) mass is 893 g/mol. The number of aromatic nitrogens is 1. The summed E-state index contributed by atoms with van der Waals surface area (Å²) in [7, 11) is 2.40. The van der Waals surface area contributed by atoms with Crippen LogP contribution in [0.4, 0.5) is 11.4 Å². The maximum atomic E-state index is 7.12. The quantitative estimate of drug-likeness (QED) is 0.179. The molecule has 0 fully saturated rings. The summed E-state index contributed by atoms with van der Waals surface area (Å²) >= 11 is 3.83. The Labute approximate surface area is 395 Å². The fourth-order valence-electron chi connectivity index (χ4n) is 11.5. The van der Waals surface area contributed by atoms with Crippen LogP contribution in [-0.4, -0.2) is 11.8 Å². The molecule has 0 amide bonds. The Morgan fingerprint density at radius 2 is 1.26 bits per heavy atom. The van der Waals surface area contributed by atoms with Crippen molar-refractivity contribution in [3.05, 3.63) is 138 Å². The van der Waals surface area contributed by atoms with E-state index in [0.29, 0.717) is 0 Å². The smallest absolute Gasteiger partial charge is 0.247 e. The zero-order valence-electron chi connectivity index (χ0n) is 39.6. The predicted molar refractivity (Wildman–Crippen MR) is 289 cm³/mol. The van der Waals surface area contributed by atoms with Crippen LogP contribution in [0.2, 0.25) is 0 Å². The van der Waals surface area contributed by atoms with Gasteiger partial charge in [0.05, 0.1) is 22.4 Å². The first-order chi connectivity index (χ1) is 31.4. The molecule has 0 bridgehead atoms. The second kappa shape index (κ2) is 13.4. The van der Waals surface area contributed by atoms with Crippen LogP contribution in [0.25, 0.3) is 89.9 Å². The van der Waals surface area contributed by atoms with Crippen LogP contribution in [0.5, 0.6) is 0 Å². The minimum atomic E-state index is -0.0191. The van der Waals surface area contributed by atoms with Gasteiger partial charge in [-0.05, 0) is 128 Å². The number of anilines is 2. The van der Waals surface area contributed by atoms with Crippen LogP contribution in [0.1, 0.15) is 104 Å². The molecule has 1 N–H and O–H groups in total. The molecular formula is C60H54BN2OS2. The average molecular weight is 894 g/mol. The van der Waals surface area contributed by atoms with Gasteiger partial charge in [0.2, 0.25) is 7.28 Å². The van der Waals surface area contributed by atoms with Gasteiger partial charge in [0.25, 0.3) is 0 Å². The molecule has 1 aliphatic heterocycles. The van der Waals surface area contributed by atoms with E-state index in [1.54, 1.807) is 0 Å². The Kier molecular flexibility index (Phi) is 8.23. The third-order valence-corrected chi connectivity index (χ3v) is 17.7. The zero-order valence-corrected chi connectivity index (χ0v) is 41.3. The maximum absolute atomic E-state index is 7.12. The van der Waals surface area contributed by atoms with E-state index >= 15 is 0 Å². The molecule has 66 heavy (non-hydrogen) atoms. The molecule has 0 spiro atoms. The lowest BCUT2D eigenvalue weighted by atomic mass is 9.61. The van der Waals surface area contributed by atoms with Gasteiger partial charge in [0.1, 0.15) is 5.58 Å². The number of thiophene rings is 2. The molecule has 0 saturated carbocycles. The Balaban J connectivity index is 1.22. The second-order valence-corrected chi connectivity index (χ2v) is 24.8. The highest BCUT2D eigenvalue weighted by Crippen LogP contribution is 2.54. The lowest BCUT2D eigenvalue weighted by Gasteiger charge is -2.42. The van der Waals surface area contributed by atoms with Crippen LogP contribution in [0.15, 0.2) is 120 Å². The fourth-order valence-corrected chi connectivity index (χ4v) is 13.9. The van der Waals surface area contributed by atoms with Crippen molar-refractivity contribution in [2.75, 3.05) is 5.32 Å². The molecule has 325 valence electrons. The predicted octanol–water partition coefficient (Wildman–Crippen LogP) is 16.6. The number of rotatable bonds is 3. The van der Waals surface area contributed by atoms with Crippen molar-refractivity contribution in [3.8, 4) is 16.8 Å². The van der Waals surface area contributed by atoms with Crippen molar-refractivity contribution in [2.45, 2.75) is 104 Å². The van der Waals surface area contributed by atoms with Crippen LogP contribution in [0.3, 0.4) is 0 Å². The molecule has 6 heteroatoms. The van der Waals surface area contributed by atoms with E-state index in [0.717, 1.165) is 34.7 Å². The average Bonchev–Trinajstić information content (AvgIpc) is 4.03. The van der Waals surface area contributed by atoms with Crippen molar-refractivity contribution in [2.24, 2.45) is 0 Å². The van der Waals surface area contributed by atoms with Gasteiger partial charge in [0.15, 0.2) is 0 Å². The Bertz CT molecular complexity index is 3890. The van der Waals surface area contributed by atoms with Gasteiger partial charge in [-0.15, -0.1) is 22.7 Å². The summed E-state index contributed by atoms with van der Waals surface area (Å²) in [6.07, 6.45) is 2.32. The van der Waals surface area contributed by atoms with E-state index < -0.39 is 0 Å². The van der Waals surface area contributed by atoms with Gasteiger partial charge < -0.3 is 14.3 Å². The number of nitrogens with zero attached hydrogens (tertiary/aromatic N) is 1. The van der Waals surface area contributed by atoms with Gasteiger partial charge in [-0.3, -0.25) is 0 Å². The van der Waals surface area contributed by atoms with E-state index in [4.69, 9.17) is 4.42 Å². The van der Waals surface area contributed by atoms with E-state index in [1.165, 1.54) is 113 Å². The lowest BCUT2D eigenvalue weighted by Crippen LogP contribution is -2.36. The molecule has 13 rings (SSSR count). The van der Waals surface area contributed by atoms with Crippen LogP contribution >= 0.6 is 22.7 Å². The normalized spacial score (nSPS) is 15.7. The maximum Gasteiger partial charge on any atom is 0.247 e. The second-order valence-electron chi connectivity index (χ2n) is 22.7. The van der Waals surface area contributed by atoms with Crippen LogP contribution < -0.4 is 16.4 Å². The molecule has 0 saturated heterocycles. The summed E-state index contributed by atoms with van der Waals surface area (Å²) in [5.41, 5.74) is 17.1. The number of benzene rings is 7. The zero-order chi connectivity index (χ0) is 45.4. The molecule has 1 radical (unpaired) electrons. The van der Waals surface area contributed by atoms with E-state index in [2.05, 4.69) is 202 Å². The summed E-state index contributed by atoms with van der Waals surface area (Å²) in [6.45, 7) is 23.6. The number of hydrogen-bond donors (Lipinski definition) is 1. The van der Waals surface area contributed by atoms with Gasteiger partial charge >= 0.3 is 0 Å². The third kappa shape index (κ3) is 5.73. The lowest BCUT2D eigenvalue weighted by molar-refractivity contribution is 0.332. The van der Waals surface area contributed by atoms with Crippen molar-refractivity contribution in [3.63, 3.8) is 0 Å². The summed E-state index contributed by atoms with van der Waals surface area (Å²) in [6, 6.07) is 44.1. The first kappa shape index (κ1) is 40.5. The topological polar surface area (TPSA) is 30.1 Å². The Hall–Kier alpha value is -5.82. The highest BCUT2D eigenvalue weighted by molar-refractivity contribution is 7.27. The van der Waals surface area contributed by atoms with Gasteiger partial charge in [0, 0.05) is 73.4 Å². The minimum absolute atomic E-state index is 0.0191. The molecule has 0 unspecified atom stereocenters. The van der Waals surface area contributed by atoms with Crippen molar-refractivity contribution in [1.82, 2.24) is 4.57 Å². The van der Waals surface area contributed by atoms with E-state index in [9.17, 15) is 0 Å². The van der Waals surface area contributed by atoms with Gasteiger partial charge in [-0.1, -0.05) is 124 Å². The Morgan fingerprint density at radius 1 is 0.606 bits per heavy atom. The minimum Gasteiger partial charge on any atom is -0.469 e. The fraction of sp³-hybridized carbons (Fsp3) is 0.267. The first-order valence-electron chi connectivity index (χ1n) is 23.7. The molecule has 4 aromatic heterocycles. The molecule has 5 heterocycles. The highest BCUT2D eigenvalue weighted by atomic mass is 32.1. The van der Waals surface area contributed by atoms with Gasteiger partial charge in [-0.25, -0.2) is 0 Å².